The minimum Gasteiger partial charge on any atom is -0.396 e. The van der Waals surface area contributed by atoms with Crippen LogP contribution in [0.1, 0.15) is 16.8 Å². The fraction of sp³-hybridized carbons (Fsp3) is 0.227. The van der Waals surface area contributed by atoms with Crippen molar-refractivity contribution in [1.29, 1.82) is 0 Å². The molecule has 1 unspecified atom stereocenters. The smallest absolute Gasteiger partial charge is 0.276 e. The third-order valence-corrected chi connectivity index (χ3v) is 5.81. The van der Waals surface area contributed by atoms with Crippen molar-refractivity contribution >= 4 is 33.5 Å². The number of carbonyl (C=O) groups excluding carboxylic acids is 1. The van der Waals surface area contributed by atoms with Crippen LogP contribution in [-0.4, -0.2) is 51.9 Å². The molecule has 8 nitrogen and oxygen atoms in total. The summed E-state index contributed by atoms with van der Waals surface area (Å²) in [5, 5.41) is 3.92. The van der Waals surface area contributed by atoms with Crippen LogP contribution in [0.4, 0.5) is 5.69 Å². The molecule has 3 heterocycles. The zero-order chi connectivity index (χ0) is 20.8. The monoisotopic (exact) mass is 402 g/mol. The molecule has 2 aromatic heterocycles. The number of rotatable bonds is 3. The molecule has 5 N–H and O–H groups in total. The van der Waals surface area contributed by atoms with Gasteiger partial charge in [0.2, 0.25) is 0 Å². The van der Waals surface area contributed by atoms with E-state index in [1.807, 2.05) is 36.2 Å². The van der Waals surface area contributed by atoms with E-state index in [-0.39, 0.29) is 17.2 Å². The van der Waals surface area contributed by atoms with Crippen LogP contribution in [0.25, 0.3) is 33.3 Å². The molecule has 8 heteroatoms. The maximum Gasteiger partial charge on any atom is 0.276 e. The summed E-state index contributed by atoms with van der Waals surface area (Å²) in [6, 6.07) is 13.1. The number of aromatic nitrogens is 3. The Bertz CT molecular complexity index is 1340. The number of hydrogen-bond donors (Lipinski definition) is 4. The minimum absolute atomic E-state index is 0.0153. The molecule has 0 aliphatic carbocycles. The van der Waals surface area contributed by atoms with Gasteiger partial charge in [-0.05, 0) is 43.8 Å². The van der Waals surface area contributed by atoms with Gasteiger partial charge in [-0.25, -0.2) is 4.98 Å². The number of hydrogen-bond acceptors (Lipinski definition) is 5. The molecule has 1 aliphatic heterocycles. The first-order valence-electron chi connectivity index (χ1n) is 9.92. The molecule has 1 saturated heterocycles. The van der Waals surface area contributed by atoms with Crippen molar-refractivity contribution in [3.63, 3.8) is 0 Å². The zero-order valence-electron chi connectivity index (χ0n) is 16.5. The second-order valence-electron chi connectivity index (χ2n) is 7.63. The Morgan fingerprint density at radius 2 is 2.03 bits per heavy atom. The fourth-order valence-corrected chi connectivity index (χ4v) is 4.09. The largest absolute Gasteiger partial charge is 0.396 e. The minimum atomic E-state index is -0.321. The highest BCUT2D eigenvalue weighted by molar-refractivity contribution is 6.04. The Morgan fingerprint density at radius 3 is 2.83 bits per heavy atom. The lowest BCUT2D eigenvalue weighted by atomic mass is 10.1. The summed E-state index contributed by atoms with van der Waals surface area (Å²) in [6.45, 7) is 1.42. The SMILES string of the molecule is CNC1CCN(C(=O)c2ccc3[nH]c(-c4nc5ccccc5[nH]c4=O)c(N)c3c2)C1. The van der Waals surface area contributed by atoms with Gasteiger partial charge in [0.25, 0.3) is 11.5 Å². The van der Waals surface area contributed by atoms with E-state index in [2.05, 4.69) is 20.3 Å². The van der Waals surface area contributed by atoms with Crippen molar-refractivity contribution in [2.45, 2.75) is 12.5 Å². The topological polar surface area (TPSA) is 120 Å². The molecule has 1 atom stereocenters. The molecule has 152 valence electrons. The Kier molecular flexibility index (Phi) is 4.29. The quantitative estimate of drug-likeness (QED) is 0.418. The summed E-state index contributed by atoms with van der Waals surface area (Å²) < 4.78 is 0. The van der Waals surface area contributed by atoms with Gasteiger partial charge in [0.1, 0.15) is 0 Å². The number of benzene rings is 2. The van der Waals surface area contributed by atoms with Gasteiger partial charge < -0.3 is 25.9 Å². The van der Waals surface area contributed by atoms with Gasteiger partial charge in [-0.2, -0.15) is 0 Å². The Hall–Kier alpha value is -3.65. The number of amides is 1. The van der Waals surface area contributed by atoms with Gasteiger partial charge in [0.15, 0.2) is 5.69 Å². The lowest BCUT2D eigenvalue weighted by molar-refractivity contribution is 0.0790. The van der Waals surface area contributed by atoms with Crippen LogP contribution >= 0.6 is 0 Å². The van der Waals surface area contributed by atoms with Gasteiger partial charge in [0.05, 0.1) is 22.4 Å². The third kappa shape index (κ3) is 2.93. The lowest BCUT2D eigenvalue weighted by Gasteiger charge is -2.16. The molecule has 0 spiro atoms. The highest BCUT2D eigenvalue weighted by atomic mass is 16.2. The van der Waals surface area contributed by atoms with Gasteiger partial charge in [-0.1, -0.05) is 12.1 Å². The molecule has 5 rings (SSSR count). The number of carbonyl (C=O) groups is 1. The van der Waals surface area contributed by atoms with E-state index in [0.717, 1.165) is 18.5 Å². The van der Waals surface area contributed by atoms with Gasteiger partial charge in [0, 0.05) is 35.6 Å². The standard InChI is InChI=1S/C22H22N6O2/c1-24-13-8-9-28(11-13)22(30)12-6-7-15-14(10-12)18(23)19(25-15)20-21(29)27-17-5-3-2-4-16(17)26-20/h2-7,10,13,24-25H,8-9,11,23H2,1H3,(H,27,29). The predicted molar refractivity (Wildman–Crippen MR) is 117 cm³/mol. The average Bonchev–Trinajstić information content (AvgIpc) is 3.37. The number of likely N-dealkylation sites (tertiary alicyclic amines) is 1. The Balaban J connectivity index is 1.56. The van der Waals surface area contributed by atoms with E-state index >= 15 is 0 Å². The van der Waals surface area contributed by atoms with Crippen LogP contribution in [0.3, 0.4) is 0 Å². The molecule has 1 fully saturated rings. The van der Waals surface area contributed by atoms with Gasteiger partial charge in [-0.15, -0.1) is 0 Å². The average molecular weight is 402 g/mol. The second-order valence-corrected chi connectivity index (χ2v) is 7.63. The van der Waals surface area contributed by atoms with Crippen molar-refractivity contribution in [1.82, 2.24) is 25.2 Å². The van der Waals surface area contributed by atoms with E-state index in [0.29, 0.717) is 46.0 Å². The van der Waals surface area contributed by atoms with Crippen molar-refractivity contribution in [3.05, 3.63) is 58.4 Å². The van der Waals surface area contributed by atoms with Crippen LogP contribution in [0.2, 0.25) is 0 Å². The molecule has 0 radical (unpaired) electrons. The van der Waals surface area contributed by atoms with Crippen molar-refractivity contribution in [3.8, 4) is 11.4 Å². The van der Waals surface area contributed by atoms with Crippen molar-refractivity contribution < 1.29 is 4.79 Å². The number of H-pyrrole nitrogens is 2. The van der Waals surface area contributed by atoms with E-state index in [9.17, 15) is 9.59 Å². The highest BCUT2D eigenvalue weighted by Gasteiger charge is 2.26. The number of anilines is 1. The van der Waals surface area contributed by atoms with Crippen LogP contribution < -0.4 is 16.6 Å². The van der Waals surface area contributed by atoms with E-state index in [1.165, 1.54) is 0 Å². The van der Waals surface area contributed by atoms with Gasteiger partial charge >= 0.3 is 0 Å². The predicted octanol–water partition coefficient (Wildman–Crippen LogP) is 2.09. The van der Waals surface area contributed by atoms with Crippen LogP contribution in [0, 0.1) is 0 Å². The fourth-order valence-electron chi connectivity index (χ4n) is 4.09. The molecule has 1 amide bonds. The molecule has 30 heavy (non-hydrogen) atoms. The number of nitrogens with two attached hydrogens (primary N) is 1. The summed E-state index contributed by atoms with van der Waals surface area (Å²) in [4.78, 5) is 37.9. The first-order valence-corrected chi connectivity index (χ1v) is 9.92. The third-order valence-electron chi connectivity index (χ3n) is 5.81. The summed E-state index contributed by atoms with van der Waals surface area (Å²) in [5.41, 5.74) is 9.83. The normalized spacial score (nSPS) is 16.6. The summed E-state index contributed by atoms with van der Waals surface area (Å²) in [7, 11) is 1.91. The maximum atomic E-state index is 12.9. The molecule has 4 aromatic rings. The van der Waals surface area contributed by atoms with Crippen molar-refractivity contribution in [2.75, 3.05) is 25.9 Å². The number of fused-ring (bicyclic) bond motifs is 2. The van der Waals surface area contributed by atoms with Crippen LogP contribution in [0.15, 0.2) is 47.3 Å². The first kappa shape index (κ1) is 18.4. The molecule has 1 aliphatic rings. The second kappa shape index (κ2) is 7.00. The van der Waals surface area contributed by atoms with Crippen molar-refractivity contribution in [2.24, 2.45) is 0 Å². The number of nitrogens with one attached hydrogen (secondary N) is 3. The van der Waals surface area contributed by atoms with Crippen LogP contribution in [0.5, 0.6) is 0 Å². The van der Waals surface area contributed by atoms with E-state index in [1.54, 1.807) is 18.2 Å². The molecule has 2 aromatic carbocycles. The first-order chi connectivity index (χ1) is 14.5. The molecular weight excluding hydrogens is 380 g/mol. The lowest BCUT2D eigenvalue weighted by Crippen LogP contribution is -2.33. The van der Waals surface area contributed by atoms with Gasteiger partial charge in [-0.3, -0.25) is 9.59 Å². The Morgan fingerprint density at radius 1 is 1.20 bits per heavy atom. The summed E-state index contributed by atoms with van der Waals surface area (Å²) in [5.74, 6) is -0.0153. The summed E-state index contributed by atoms with van der Waals surface area (Å²) in [6.07, 6.45) is 0.942. The zero-order valence-corrected chi connectivity index (χ0v) is 16.5. The number of nitrogen functional groups attached to an aromatic ring is 1. The highest BCUT2D eigenvalue weighted by Crippen LogP contribution is 2.31. The molecular formula is C22H22N6O2. The molecule has 0 bridgehead atoms. The summed E-state index contributed by atoms with van der Waals surface area (Å²) >= 11 is 0. The number of likely N-dealkylation sites (N-methyl/N-ethyl adjacent to an activating group) is 1. The Labute approximate surface area is 172 Å². The van der Waals surface area contributed by atoms with Crippen LogP contribution in [-0.2, 0) is 0 Å². The van der Waals surface area contributed by atoms with E-state index in [4.69, 9.17) is 5.73 Å². The number of nitrogens with zero attached hydrogens (tertiary/aromatic N) is 2. The number of para-hydroxylation sites is 2. The number of aromatic amines is 2. The van der Waals surface area contributed by atoms with E-state index < -0.39 is 0 Å². The molecule has 0 saturated carbocycles. The maximum absolute atomic E-state index is 12.9.